The van der Waals surface area contributed by atoms with Gasteiger partial charge in [0, 0.05) is 18.9 Å². The van der Waals surface area contributed by atoms with Crippen LogP contribution in [0.2, 0.25) is 0 Å². The molecule has 0 fully saturated rings. The molecule has 1 N–H and O–H groups in total. The second-order valence-electron chi connectivity index (χ2n) is 4.06. The summed E-state index contributed by atoms with van der Waals surface area (Å²) >= 11 is 0. The molecular weight excluding hydrogens is 174 g/mol. The van der Waals surface area contributed by atoms with E-state index in [0.717, 1.165) is 32.0 Å². The third kappa shape index (κ3) is 5.02. The molecule has 3 heteroatoms. The number of aromatic nitrogens is 2. The lowest BCUT2D eigenvalue weighted by atomic mass is 10.1. The number of hydrogen-bond acceptors (Lipinski definition) is 2. The van der Waals surface area contributed by atoms with Gasteiger partial charge in [0.25, 0.3) is 0 Å². The van der Waals surface area contributed by atoms with Gasteiger partial charge in [-0.3, -0.25) is 4.68 Å². The van der Waals surface area contributed by atoms with Gasteiger partial charge in [-0.1, -0.05) is 13.8 Å². The first-order valence-corrected chi connectivity index (χ1v) is 5.47. The van der Waals surface area contributed by atoms with Crippen molar-refractivity contribution in [2.75, 3.05) is 13.1 Å². The fourth-order valence-corrected chi connectivity index (χ4v) is 1.31. The Kier molecular flexibility index (Phi) is 5.30. The van der Waals surface area contributed by atoms with Crippen LogP contribution >= 0.6 is 0 Å². The van der Waals surface area contributed by atoms with E-state index in [1.54, 1.807) is 0 Å². The van der Waals surface area contributed by atoms with E-state index in [9.17, 15) is 0 Å². The highest BCUT2D eigenvalue weighted by molar-refractivity contribution is 4.77. The van der Waals surface area contributed by atoms with Gasteiger partial charge >= 0.3 is 0 Å². The van der Waals surface area contributed by atoms with E-state index in [0.29, 0.717) is 0 Å². The van der Waals surface area contributed by atoms with Crippen LogP contribution in [0.15, 0.2) is 18.5 Å². The number of nitrogens with one attached hydrogen (secondary N) is 1. The topological polar surface area (TPSA) is 29.9 Å². The van der Waals surface area contributed by atoms with E-state index in [4.69, 9.17) is 0 Å². The van der Waals surface area contributed by atoms with Crippen molar-refractivity contribution in [2.24, 2.45) is 5.92 Å². The van der Waals surface area contributed by atoms with Crippen LogP contribution < -0.4 is 5.32 Å². The standard InChI is InChI=1S/C11H21N3/c1-11(2)5-8-12-6-3-9-14-10-4-7-13-14/h4,7,10-12H,3,5-6,8-9H2,1-2H3. The van der Waals surface area contributed by atoms with E-state index in [2.05, 4.69) is 24.3 Å². The second kappa shape index (κ2) is 6.60. The van der Waals surface area contributed by atoms with E-state index in [-0.39, 0.29) is 0 Å². The molecule has 0 aliphatic heterocycles. The van der Waals surface area contributed by atoms with Crippen LogP contribution in [0.3, 0.4) is 0 Å². The molecule has 1 aromatic heterocycles. The Morgan fingerprint density at radius 1 is 1.36 bits per heavy atom. The second-order valence-corrected chi connectivity index (χ2v) is 4.06. The first-order chi connectivity index (χ1) is 6.79. The van der Waals surface area contributed by atoms with Crippen molar-refractivity contribution in [3.05, 3.63) is 18.5 Å². The normalized spacial score (nSPS) is 11.1. The molecule has 0 spiro atoms. The van der Waals surface area contributed by atoms with Crippen molar-refractivity contribution in [3.63, 3.8) is 0 Å². The average Bonchev–Trinajstić information content (AvgIpc) is 2.63. The average molecular weight is 195 g/mol. The van der Waals surface area contributed by atoms with Crippen LogP contribution in [0.1, 0.15) is 26.7 Å². The maximum Gasteiger partial charge on any atom is 0.0489 e. The Morgan fingerprint density at radius 3 is 2.86 bits per heavy atom. The molecule has 0 aliphatic rings. The fraction of sp³-hybridized carbons (Fsp3) is 0.727. The lowest BCUT2D eigenvalue weighted by molar-refractivity contribution is 0.505. The minimum absolute atomic E-state index is 0.800. The molecule has 0 atom stereocenters. The lowest BCUT2D eigenvalue weighted by Gasteiger charge is -2.06. The van der Waals surface area contributed by atoms with E-state index >= 15 is 0 Å². The third-order valence-corrected chi connectivity index (χ3v) is 2.20. The maximum atomic E-state index is 4.15. The van der Waals surface area contributed by atoms with E-state index < -0.39 is 0 Å². The van der Waals surface area contributed by atoms with Crippen molar-refractivity contribution < 1.29 is 0 Å². The van der Waals surface area contributed by atoms with Gasteiger partial charge in [-0.05, 0) is 37.9 Å². The summed E-state index contributed by atoms with van der Waals surface area (Å²) < 4.78 is 1.98. The van der Waals surface area contributed by atoms with Gasteiger partial charge in [0.2, 0.25) is 0 Å². The molecule has 14 heavy (non-hydrogen) atoms. The highest BCUT2D eigenvalue weighted by atomic mass is 15.3. The number of nitrogens with zero attached hydrogens (tertiary/aromatic N) is 2. The summed E-state index contributed by atoms with van der Waals surface area (Å²) in [6, 6.07) is 1.96. The molecule has 0 bridgehead atoms. The van der Waals surface area contributed by atoms with Crippen molar-refractivity contribution >= 4 is 0 Å². The predicted octanol–water partition coefficient (Wildman–Crippen LogP) is 1.91. The zero-order valence-corrected chi connectivity index (χ0v) is 9.24. The molecule has 80 valence electrons. The highest BCUT2D eigenvalue weighted by Gasteiger charge is 1.93. The Morgan fingerprint density at radius 2 is 2.21 bits per heavy atom. The summed E-state index contributed by atoms with van der Waals surface area (Å²) in [4.78, 5) is 0. The molecule has 0 radical (unpaired) electrons. The summed E-state index contributed by atoms with van der Waals surface area (Å²) in [7, 11) is 0. The van der Waals surface area contributed by atoms with Crippen LogP contribution in [0.4, 0.5) is 0 Å². The Hall–Kier alpha value is -0.830. The van der Waals surface area contributed by atoms with Gasteiger partial charge in [0.05, 0.1) is 0 Å². The summed E-state index contributed by atoms with van der Waals surface area (Å²) in [5.41, 5.74) is 0. The SMILES string of the molecule is CC(C)CCNCCCn1cccn1. The van der Waals surface area contributed by atoms with E-state index in [1.807, 2.05) is 23.1 Å². The monoisotopic (exact) mass is 195 g/mol. The molecule has 0 aromatic carbocycles. The molecule has 1 rings (SSSR count). The summed E-state index contributed by atoms with van der Waals surface area (Å²) in [6.07, 6.45) is 6.25. The quantitative estimate of drug-likeness (QED) is 0.674. The van der Waals surface area contributed by atoms with Gasteiger partial charge in [-0.25, -0.2) is 0 Å². The number of rotatable bonds is 7. The van der Waals surface area contributed by atoms with Crippen molar-refractivity contribution in [3.8, 4) is 0 Å². The van der Waals surface area contributed by atoms with Crippen LogP contribution in [-0.2, 0) is 6.54 Å². The Bertz CT molecular complexity index is 216. The molecule has 0 saturated heterocycles. The zero-order chi connectivity index (χ0) is 10.2. The fourth-order valence-electron chi connectivity index (χ4n) is 1.31. The summed E-state index contributed by atoms with van der Waals surface area (Å²) in [5.74, 6) is 0.800. The molecule has 0 amide bonds. The molecule has 0 aliphatic carbocycles. The predicted molar refractivity (Wildman–Crippen MR) is 59.2 cm³/mol. The number of hydrogen-bond donors (Lipinski definition) is 1. The van der Waals surface area contributed by atoms with Gasteiger partial charge in [-0.15, -0.1) is 0 Å². The molecule has 1 aromatic rings. The summed E-state index contributed by atoms with van der Waals surface area (Å²) in [5, 5.41) is 7.59. The molecule has 3 nitrogen and oxygen atoms in total. The molecule has 0 saturated carbocycles. The van der Waals surface area contributed by atoms with Crippen molar-refractivity contribution in [1.82, 2.24) is 15.1 Å². The Balaban J connectivity index is 1.90. The van der Waals surface area contributed by atoms with Crippen molar-refractivity contribution in [1.29, 1.82) is 0 Å². The minimum Gasteiger partial charge on any atom is -0.317 e. The van der Waals surface area contributed by atoms with Gasteiger partial charge in [0.15, 0.2) is 0 Å². The van der Waals surface area contributed by atoms with Gasteiger partial charge < -0.3 is 5.32 Å². The molecule has 0 unspecified atom stereocenters. The highest BCUT2D eigenvalue weighted by Crippen LogP contribution is 1.96. The zero-order valence-electron chi connectivity index (χ0n) is 9.24. The molecular formula is C11H21N3. The summed E-state index contributed by atoms with van der Waals surface area (Å²) in [6.45, 7) is 7.75. The van der Waals surface area contributed by atoms with Gasteiger partial charge in [-0.2, -0.15) is 5.10 Å². The van der Waals surface area contributed by atoms with Crippen LogP contribution in [0.25, 0.3) is 0 Å². The first-order valence-electron chi connectivity index (χ1n) is 5.47. The third-order valence-electron chi connectivity index (χ3n) is 2.20. The molecule has 1 heterocycles. The minimum atomic E-state index is 0.800. The maximum absolute atomic E-state index is 4.15. The lowest BCUT2D eigenvalue weighted by Crippen LogP contribution is -2.19. The largest absolute Gasteiger partial charge is 0.317 e. The Labute approximate surface area is 86.5 Å². The smallest absolute Gasteiger partial charge is 0.0489 e. The van der Waals surface area contributed by atoms with Crippen molar-refractivity contribution in [2.45, 2.75) is 33.2 Å². The first kappa shape index (κ1) is 11.2. The van der Waals surface area contributed by atoms with E-state index in [1.165, 1.54) is 6.42 Å². The van der Waals surface area contributed by atoms with Crippen LogP contribution in [-0.4, -0.2) is 22.9 Å². The van der Waals surface area contributed by atoms with Crippen LogP contribution in [0, 0.1) is 5.92 Å². The number of aryl methyl sites for hydroxylation is 1. The van der Waals surface area contributed by atoms with Gasteiger partial charge in [0.1, 0.15) is 0 Å². The van der Waals surface area contributed by atoms with Crippen LogP contribution in [0.5, 0.6) is 0 Å².